The molecule has 0 N–H and O–H groups in total. The smallest absolute Gasteiger partial charge is 0.0617 e. The minimum absolute atomic E-state index is 1.23. The molecule has 2 aromatic carbocycles. The van der Waals surface area contributed by atoms with E-state index in [0.29, 0.717) is 0 Å². The van der Waals surface area contributed by atoms with Gasteiger partial charge in [-0.15, -0.1) is 0 Å². The standard InChI is InChI=1S/C18H24Si/c1-3-19(4-2,15-17-11-7-5-8-12-17)16-18-13-9-6-10-14-18/h5-14H,3-4,15-16H2,1-2H3. The molecule has 0 saturated heterocycles. The molecule has 100 valence electrons. The summed E-state index contributed by atoms with van der Waals surface area (Å²) in [6.45, 7) is 4.78. The van der Waals surface area contributed by atoms with Crippen LogP contribution in [0.25, 0.3) is 0 Å². The van der Waals surface area contributed by atoms with Gasteiger partial charge in [0.2, 0.25) is 0 Å². The summed E-state index contributed by atoms with van der Waals surface area (Å²) in [4.78, 5) is 0. The van der Waals surface area contributed by atoms with Gasteiger partial charge in [0.15, 0.2) is 0 Å². The van der Waals surface area contributed by atoms with E-state index < -0.39 is 8.07 Å². The van der Waals surface area contributed by atoms with Crippen LogP contribution in [0.3, 0.4) is 0 Å². The van der Waals surface area contributed by atoms with Crippen LogP contribution >= 0.6 is 0 Å². The lowest BCUT2D eigenvalue weighted by Gasteiger charge is -2.30. The van der Waals surface area contributed by atoms with Crippen LogP contribution in [0.4, 0.5) is 0 Å². The maximum Gasteiger partial charge on any atom is 0.0617 e. The third-order valence-corrected chi connectivity index (χ3v) is 9.66. The summed E-state index contributed by atoms with van der Waals surface area (Å²) in [6.07, 6.45) is 0. The van der Waals surface area contributed by atoms with E-state index in [2.05, 4.69) is 74.5 Å². The quantitative estimate of drug-likeness (QED) is 0.644. The predicted octanol–water partition coefficient (Wildman–Crippen LogP) is 5.04. The van der Waals surface area contributed by atoms with Crippen LogP contribution in [0.2, 0.25) is 12.1 Å². The zero-order valence-electron chi connectivity index (χ0n) is 12.1. The molecule has 0 unspecified atom stereocenters. The van der Waals surface area contributed by atoms with Gasteiger partial charge in [-0.05, 0) is 12.1 Å². The fraction of sp³-hybridized carbons (Fsp3) is 0.333. The molecule has 2 aromatic rings. The molecule has 0 atom stereocenters. The van der Waals surface area contributed by atoms with Crippen molar-refractivity contribution in [2.75, 3.05) is 0 Å². The van der Waals surface area contributed by atoms with Crippen molar-refractivity contribution in [2.45, 2.75) is 38.0 Å². The van der Waals surface area contributed by atoms with Crippen molar-refractivity contribution in [1.29, 1.82) is 0 Å². The second-order valence-electron chi connectivity index (χ2n) is 5.53. The molecular formula is C18H24Si. The average Bonchev–Trinajstić information content (AvgIpc) is 2.48. The summed E-state index contributed by atoms with van der Waals surface area (Å²) in [6, 6.07) is 27.4. The van der Waals surface area contributed by atoms with Gasteiger partial charge in [-0.25, -0.2) is 0 Å². The van der Waals surface area contributed by atoms with E-state index in [4.69, 9.17) is 0 Å². The molecule has 0 aliphatic carbocycles. The minimum Gasteiger partial charge on any atom is -0.0677 e. The third-order valence-electron chi connectivity index (χ3n) is 4.34. The number of hydrogen-bond acceptors (Lipinski definition) is 0. The Balaban J connectivity index is 2.18. The monoisotopic (exact) mass is 268 g/mol. The zero-order chi connectivity index (χ0) is 13.6. The van der Waals surface area contributed by atoms with Crippen LogP contribution in [0.5, 0.6) is 0 Å². The molecule has 2 rings (SSSR count). The zero-order valence-corrected chi connectivity index (χ0v) is 13.1. The second kappa shape index (κ2) is 6.72. The summed E-state index contributed by atoms with van der Waals surface area (Å²) >= 11 is 0. The Labute approximate surface area is 118 Å². The van der Waals surface area contributed by atoms with Gasteiger partial charge in [-0.3, -0.25) is 0 Å². The average molecular weight is 268 g/mol. The molecule has 0 saturated carbocycles. The summed E-state index contributed by atoms with van der Waals surface area (Å²) in [5, 5.41) is 0. The molecule has 0 nitrogen and oxygen atoms in total. The van der Waals surface area contributed by atoms with Crippen molar-refractivity contribution in [3.05, 3.63) is 71.8 Å². The van der Waals surface area contributed by atoms with Crippen LogP contribution in [0, 0.1) is 0 Å². The van der Waals surface area contributed by atoms with E-state index >= 15 is 0 Å². The van der Waals surface area contributed by atoms with Gasteiger partial charge in [0.05, 0.1) is 8.07 Å². The maximum atomic E-state index is 2.39. The molecule has 0 heterocycles. The molecule has 0 fully saturated rings. The Morgan fingerprint density at radius 1 is 0.632 bits per heavy atom. The number of rotatable bonds is 6. The largest absolute Gasteiger partial charge is 0.0677 e. The van der Waals surface area contributed by atoms with E-state index in [1.807, 2.05) is 0 Å². The van der Waals surface area contributed by atoms with Crippen LogP contribution in [0.1, 0.15) is 25.0 Å². The van der Waals surface area contributed by atoms with Gasteiger partial charge >= 0.3 is 0 Å². The summed E-state index contributed by atoms with van der Waals surface area (Å²) in [5.74, 6) is 0. The molecule has 0 aliphatic heterocycles. The highest BCUT2D eigenvalue weighted by Crippen LogP contribution is 2.25. The van der Waals surface area contributed by atoms with E-state index in [0.717, 1.165) is 0 Å². The van der Waals surface area contributed by atoms with Crippen LogP contribution in [-0.4, -0.2) is 8.07 Å². The molecule has 0 radical (unpaired) electrons. The number of benzene rings is 2. The van der Waals surface area contributed by atoms with Gasteiger partial charge in [-0.2, -0.15) is 0 Å². The highest BCUT2D eigenvalue weighted by Gasteiger charge is 2.29. The van der Waals surface area contributed by atoms with E-state index in [1.54, 1.807) is 0 Å². The fourth-order valence-corrected chi connectivity index (χ4v) is 6.70. The van der Waals surface area contributed by atoms with Gasteiger partial charge in [0.1, 0.15) is 0 Å². The maximum absolute atomic E-state index is 2.39. The minimum atomic E-state index is -1.23. The molecule has 0 amide bonds. The summed E-state index contributed by atoms with van der Waals surface area (Å²) in [5.41, 5.74) is 3.04. The van der Waals surface area contributed by atoms with Crippen molar-refractivity contribution in [3.63, 3.8) is 0 Å². The Bertz CT molecular complexity index is 428. The van der Waals surface area contributed by atoms with E-state index in [-0.39, 0.29) is 0 Å². The first-order valence-corrected chi connectivity index (χ1v) is 10.2. The Hall–Kier alpha value is -1.34. The predicted molar refractivity (Wildman–Crippen MR) is 87.0 cm³/mol. The Kier molecular flexibility index (Phi) is 4.98. The molecule has 0 spiro atoms. The van der Waals surface area contributed by atoms with Crippen molar-refractivity contribution >= 4 is 8.07 Å². The fourth-order valence-electron chi connectivity index (χ4n) is 2.87. The van der Waals surface area contributed by atoms with Crippen LogP contribution in [-0.2, 0) is 12.1 Å². The Morgan fingerprint density at radius 3 is 1.32 bits per heavy atom. The lowest BCUT2D eigenvalue weighted by atomic mass is 10.2. The normalized spacial score (nSPS) is 11.5. The van der Waals surface area contributed by atoms with Crippen molar-refractivity contribution in [1.82, 2.24) is 0 Å². The summed E-state index contributed by atoms with van der Waals surface area (Å²) in [7, 11) is -1.23. The SMILES string of the molecule is CC[Si](CC)(Cc1ccccc1)Cc1ccccc1. The van der Waals surface area contributed by atoms with Gasteiger partial charge in [0.25, 0.3) is 0 Å². The molecule has 0 aliphatic rings. The van der Waals surface area contributed by atoms with Crippen molar-refractivity contribution in [2.24, 2.45) is 0 Å². The van der Waals surface area contributed by atoms with E-state index in [1.165, 1.54) is 35.3 Å². The first-order chi connectivity index (χ1) is 9.28. The molecule has 1 heteroatoms. The Morgan fingerprint density at radius 2 is 1.00 bits per heavy atom. The summed E-state index contributed by atoms with van der Waals surface area (Å²) < 4.78 is 0. The second-order valence-corrected chi connectivity index (χ2v) is 10.7. The topological polar surface area (TPSA) is 0 Å². The molecular weight excluding hydrogens is 244 g/mol. The molecule has 0 aromatic heterocycles. The van der Waals surface area contributed by atoms with Crippen LogP contribution < -0.4 is 0 Å². The van der Waals surface area contributed by atoms with Gasteiger partial charge < -0.3 is 0 Å². The van der Waals surface area contributed by atoms with Crippen LogP contribution in [0.15, 0.2) is 60.7 Å². The van der Waals surface area contributed by atoms with E-state index in [9.17, 15) is 0 Å². The van der Waals surface area contributed by atoms with Crippen molar-refractivity contribution in [3.8, 4) is 0 Å². The highest BCUT2D eigenvalue weighted by atomic mass is 28.3. The first kappa shape index (κ1) is 14.1. The van der Waals surface area contributed by atoms with Crippen molar-refractivity contribution < 1.29 is 0 Å². The molecule has 19 heavy (non-hydrogen) atoms. The highest BCUT2D eigenvalue weighted by molar-refractivity contribution is 6.78. The number of hydrogen-bond donors (Lipinski definition) is 0. The lowest BCUT2D eigenvalue weighted by Crippen LogP contribution is -2.39. The molecule has 0 bridgehead atoms. The third kappa shape index (κ3) is 3.81. The van der Waals surface area contributed by atoms with Gasteiger partial charge in [-0.1, -0.05) is 97.7 Å². The van der Waals surface area contributed by atoms with Gasteiger partial charge in [0, 0.05) is 0 Å². The first-order valence-electron chi connectivity index (χ1n) is 7.36. The lowest BCUT2D eigenvalue weighted by molar-refractivity contribution is 1.09.